The number of ether oxygens (including phenoxy) is 1. The Bertz CT molecular complexity index is 1070. The molecule has 0 saturated carbocycles. The number of piperidine rings is 1. The first-order valence-electron chi connectivity index (χ1n) is 10.8. The topological polar surface area (TPSA) is 87.3 Å². The van der Waals surface area contributed by atoms with Crippen molar-refractivity contribution in [2.75, 3.05) is 25.0 Å². The molecule has 0 aliphatic carbocycles. The smallest absolute Gasteiger partial charge is 0.338 e. The van der Waals surface area contributed by atoms with Gasteiger partial charge in [-0.3, -0.25) is 9.69 Å². The first-order chi connectivity index (χ1) is 15.0. The van der Waals surface area contributed by atoms with Crippen LogP contribution in [0.25, 0.3) is 11.0 Å². The molecular weight excluding hydrogens is 392 g/mol. The predicted octanol–water partition coefficient (Wildman–Crippen LogP) is 3.90. The van der Waals surface area contributed by atoms with Crippen molar-refractivity contribution in [1.29, 1.82) is 0 Å². The Morgan fingerprint density at radius 2 is 1.90 bits per heavy atom. The standard InChI is InChI=1S/C24H28N4O3/c1-3-31-24(30)18-5-7-19(8-6-18)25-23(29)17-10-12-28(13-11-17)15-22-26-20-9-4-16(2)14-21(20)27-22/h4-9,14,17H,3,10-13,15H2,1-2H3,(H,25,29)(H,26,27). The van der Waals surface area contributed by atoms with Crippen molar-refractivity contribution in [2.24, 2.45) is 5.92 Å². The second-order valence-electron chi connectivity index (χ2n) is 8.04. The Morgan fingerprint density at radius 3 is 2.61 bits per heavy atom. The molecule has 1 saturated heterocycles. The molecule has 2 N–H and O–H groups in total. The van der Waals surface area contributed by atoms with Gasteiger partial charge in [-0.15, -0.1) is 0 Å². The van der Waals surface area contributed by atoms with E-state index in [0.29, 0.717) is 17.9 Å². The largest absolute Gasteiger partial charge is 0.462 e. The van der Waals surface area contributed by atoms with E-state index in [1.165, 1.54) is 5.56 Å². The van der Waals surface area contributed by atoms with Crippen LogP contribution in [0.15, 0.2) is 42.5 Å². The van der Waals surface area contributed by atoms with Crippen LogP contribution in [0.1, 0.15) is 41.5 Å². The summed E-state index contributed by atoms with van der Waals surface area (Å²) in [5, 5.41) is 2.97. The monoisotopic (exact) mass is 420 g/mol. The zero-order valence-electron chi connectivity index (χ0n) is 18.0. The number of carbonyl (C=O) groups is 2. The van der Waals surface area contributed by atoms with Crippen molar-refractivity contribution >= 4 is 28.6 Å². The van der Waals surface area contributed by atoms with Crippen LogP contribution in [0.5, 0.6) is 0 Å². The fourth-order valence-electron chi connectivity index (χ4n) is 3.96. The number of nitrogens with zero attached hydrogens (tertiary/aromatic N) is 2. The number of H-pyrrole nitrogens is 1. The Balaban J connectivity index is 1.27. The van der Waals surface area contributed by atoms with E-state index < -0.39 is 0 Å². The maximum atomic E-state index is 12.7. The molecule has 3 aromatic rings. The van der Waals surface area contributed by atoms with Crippen molar-refractivity contribution in [3.8, 4) is 0 Å². The summed E-state index contributed by atoms with van der Waals surface area (Å²) in [6, 6.07) is 13.0. The molecule has 1 aliphatic rings. The highest BCUT2D eigenvalue weighted by Gasteiger charge is 2.25. The summed E-state index contributed by atoms with van der Waals surface area (Å²) in [5.74, 6) is 0.625. The maximum absolute atomic E-state index is 12.7. The second kappa shape index (κ2) is 9.31. The minimum Gasteiger partial charge on any atom is -0.462 e. The Hall–Kier alpha value is -3.19. The zero-order chi connectivity index (χ0) is 21.8. The van der Waals surface area contributed by atoms with Gasteiger partial charge in [0, 0.05) is 11.6 Å². The number of hydrogen-bond donors (Lipinski definition) is 2. The normalized spacial score (nSPS) is 15.2. The molecule has 7 heteroatoms. The first-order valence-corrected chi connectivity index (χ1v) is 10.8. The number of nitrogens with one attached hydrogen (secondary N) is 2. The number of likely N-dealkylation sites (tertiary alicyclic amines) is 1. The van der Waals surface area contributed by atoms with Crippen LogP contribution >= 0.6 is 0 Å². The van der Waals surface area contributed by atoms with Crippen LogP contribution in [0.3, 0.4) is 0 Å². The lowest BCUT2D eigenvalue weighted by atomic mass is 9.95. The Labute approximate surface area is 181 Å². The van der Waals surface area contributed by atoms with Gasteiger partial charge in [-0.05, 0) is 81.7 Å². The van der Waals surface area contributed by atoms with Crippen molar-refractivity contribution in [1.82, 2.24) is 14.9 Å². The van der Waals surface area contributed by atoms with E-state index in [1.54, 1.807) is 31.2 Å². The summed E-state index contributed by atoms with van der Waals surface area (Å²) in [4.78, 5) is 34.8. The average Bonchev–Trinajstić information content (AvgIpc) is 3.16. The highest BCUT2D eigenvalue weighted by atomic mass is 16.5. The number of amides is 1. The molecule has 0 spiro atoms. The number of aromatic nitrogens is 2. The van der Waals surface area contributed by atoms with E-state index in [9.17, 15) is 9.59 Å². The molecule has 4 rings (SSSR count). The molecule has 1 aliphatic heterocycles. The molecule has 1 fully saturated rings. The molecule has 0 bridgehead atoms. The molecule has 2 heterocycles. The van der Waals surface area contributed by atoms with Crippen molar-refractivity contribution in [3.63, 3.8) is 0 Å². The van der Waals surface area contributed by atoms with E-state index in [-0.39, 0.29) is 17.8 Å². The Morgan fingerprint density at radius 1 is 1.16 bits per heavy atom. The summed E-state index contributed by atoms with van der Waals surface area (Å²) in [6.07, 6.45) is 1.62. The second-order valence-corrected chi connectivity index (χ2v) is 8.04. The number of rotatable bonds is 6. The van der Waals surface area contributed by atoms with Crippen molar-refractivity contribution in [2.45, 2.75) is 33.2 Å². The molecule has 7 nitrogen and oxygen atoms in total. The van der Waals surface area contributed by atoms with Gasteiger partial charge in [0.1, 0.15) is 5.82 Å². The van der Waals surface area contributed by atoms with Gasteiger partial charge in [0.25, 0.3) is 0 Å². The van der Waals surface area contributed by atoms with Gasteiger partial charge in [0.2, 0.25) is 5.91 Å². The van der Waals surface area contributed by atoms with Gasteiger partial charge in [0.05, 0.1) is 29.7 Å². The van der Waals surface area contributed by atoms with E-state index in [2.05, 4.69) is 39.2 Å². The quantitative estimate of drug-likeness (QED) is 0.591. The summed E-state index contributed by atoms with van der Waals surface area (Å²) in [6.45, 7) is 6.66. The lowest BCUT2D eigenvalue weighted by molar-refractivity contribution is -0.121. The molecule has 2 aromatic carbocycles. The van der Waals surface area contributed by atoms with Crippen LogP contribution in [-0.2, 0) is 16.1 Å². The fraction of sp³-hybridized carbons (Fsp3) is 0.375. The SMILES string of the molecule is CCOC(=O)c1ccc(NC(=O)C2CCN(Cc3nc4ccc(C)cc4[nH]3)CC2)cc1. The number of hydrogen-bond acceptors (Lipinski definition) is 5. The lowest BCUT2D eigenvalue weighted by Crippen LogP contribution is -2.38. The number of fused-ring (bicyclic) bond motifs is 1. The number of imidazole rings is 1. The maximum Gasteiger partial charge on any atom is 0.338 e. The van der Waals surface area contributed by atoms with Gasteiger partial charge in [-0.25, -0.2) is 9.78 Å². The molecule has 0 unspecified atom stereocenters. The number of aromatic amines is 1. The van der Waals surface area contributed by atoms with E-state index in [0.717, 1.165) is 49.3 Å². The van der Waals surface area contributed by atoms with Crippen LogP contribution in [0.4, 0.5) is 5.69 Å². The highest BCUT2D eigenvalue weighted by molar-refractivity contribution is 5.94. The van der Waals surface area contributed by atoms with Gasteiger partial charge >= 0.3 is 5.97 Å². The van der Waals surface area contributed by atoms with Crippen LogP contribution < -0.4 is 5.32 Å². The molecule has 1 amide bonds. The lowest BCUT2D eigenvalue weighted by Gasteiger charge is -2.30. The summed E-state index contributed by atoms with van der Waals surface area (Å²) >= 11 is 0. The zero-order valence-corrected chi connectivity index (χ0v) is 18.0. The number of benzene rings is 2. The van der Waals surface area contributed by atoms with Gasteiger partial charge in [-0.2, -0.15) is 0 Å². The van der Waals surface area contributed by atoms with Crippen molar-refractivity contribution in [3.05, 3.63) is 59.4 Å². The third-order valence-corrected chi connectivity index (χ3v) is 5.68. The molecule has 1 aromatic heterocycles. The van der Waals surface area contributed by atoms with E-state index in [4.69, 9.17) is 4.74 Å². The van der Waals surface area contributed by atoms with Gasteiger partial charge in [0.15, 0.2) is 0 Å². The molecule has 0 atom stereocenters. The van der Waals surface area contributed by atoms with E-state index in [1.807, 2.05) is 6.07 Å². The third-order valence-electron chi connectivity index (χ3n) is 5.68. The molecular formula is C24H28N4O3. The van der Waals surface area contributed by atoms with Crippen LogP contribution in [0, 0.1) is 12.8 Å². The first kappa shape index (κ1) is 21.1. The number of esters is 1. The fourth-order valence-corrected chi connectivity index (χ4v) is 3.96. The van der Waals surface area contributed by atoms with Crippen LogP contribution in [-0.4, -0.2) is 46.4 Å². The predicted molar refractivity (Wildman–Crippen MR) is 120 cm³/mol. The van der Waals surface area contributed by atoms with Crippen LogP contribution in [0.2, 0.25) is 0 Å². The number of anilines is 1. The molecule has 31 heavy (non-hydrogen) atoms. The number of aryl methyl sites for hydroxylation is 1. The minimum atomic E-state index is -0.354. The van der Waals surface area contributed by atoms with Gasteiger partial charge in [-0.1, -0.05) is 6.07 Å². The van der Waals surface area contributed by atoms with Crippen molar-refractivity contribution < 1.29 is 14.3 Å². The van der Waals surface area contributed by atoms with E-state index >= 15 is 0 Å². The average molecular weight is 421 g/mol. The summed E-state index contributed by atoms with van der Waals surface area (Å²) in [5.41, 5.74) is 4.44. The van der Waals surface area contributed by atoms with Gasteiger partial charge < -0.3 is 15.0 Å². The third kappa shape index (κ3) is 5.11. The Kier molecular flexibility index (Phi) is 6.32. The minimum absolute atomic E-state index is 0.0145. The summed E-state index contributed by atoms with van der Waals surface area (Å²) < 4.78 is 4.98. The summed E-state index contributed by atoms with van der Waals surface area (Å²) in [7, 11) is 0. The number of carbonyl (C=O) groups excluding carboxylic acids is 2. The molecule has 0 radical (unpaired) electrons. The molecule has 162 valence electrons. The highest BCUT2D eigenvalue weighted by Crippen LogP contribution is 2.22.